The van der Waals surface area contributed by atoms with Crippen LogP contribution >= 0.6 is 11.3 Å². The summed E-state index contributed by atoms with van der Waals surface area (Å²) >= 11 is 1.69. The van der Waals surface area contributed by atoms with Crippen LogP contribution in [-0.2, 0) is 22.6 Å². The summed E-state index contributed by atoms with van der Waals surface area (Å²) in [5.74, 6) is 0.0417. The van der Waals surface area contributed by atoms with E-state index in [1.165, 1.54) is 4.70 Å². The van der Waals surface area contributed by atoms with Gasteiger partial charge >= 0.3 is 0 Å². The number of hydrogen-bond donors (Lipinski definition) is 2. The fourth-order valence-electron chi connectivity index (χ4n) is 2.93. The average molecular weight is 396 g/mol. The minimum absolute atomic E-state index is 0.0125. The van der Waals surface area contributed by atoms with E-state index in [9.17, 15) is 9.59 Å². The minimum atomic E-state index is 0.0125. The lowest BCUT2D eigenvalue weighted by Crippen LogP contribution is -2.22. The lowest BCUT2D eigenvalue weighted by atomic mass is 10.2. The van der Waals surface area contributed by atoms with Crippen molar-refractivity contribution in [3.05, 3.63) is 59.1 Å². The number of para-hydroxylation sites is 1. The van der Waals surface area contributed by atoms with E-state index in [1.807, 2.05) is 49.4 Å². The zero-order chi connectivity index (χ0) is 19.8. The highest BCUT2D eigenvalue weighted by atomic mass is 32.1. The topological polar surface area (TPSA) is 71.1 Å². The number of amides is 2. The summed E-state index contributed by atoms with van der Waals surface area (Å²) < 4.78 is 1.19. The molecular formula is C22H25N3O2S. The molecule has 0 aliphatic rings. The maximum Gasteiger partial charge on any atom is 0.224 e. The van der Waals surface area contributed by atoms with Crippen molar-refractivity contribution < 1.29 is 9.59 Å². The molecule has 1 heterocycles. The largest absolute Gasteiger partial charge is 0.352 e. The van der Waals surface area contributed by atoms with Crippen molar-refractivity contribution in [1.29, 1.82) is 0 Å². The molecule has 0 aliphatic carbocycles. The van der Waals surface area contributed by atoms with E-state index >= 15 is 0 Å². The Morgan fingerprint density at radius 1 is 1.04 bits per heavy atom. The van der Waals surface area contributed by atoms with Gasteiger partial charge in [-0.25, -0.2) is 4.98 Å². The highest BCUT2D eigenvalue weighted by molar-refractivity contribution is 7.18. The highest BCUT2D eigenvalue weighted by Gasteiger charge is 2.07. The van der Waals surface area contributed by atoms with Gasteiger partial charge in [0, 0.05) is 25.1 Å². The SMILES string of the molecule is CCCC(=O)Nc1cccc(CNC(=O)CCCc2nc3ccccc3s2)c1. The summed E-state index contributed by atoms with van der Waals surface area (Å²) in [4.78, 5) is 28.4. The highest BCUT2D eigenvalue weighted by Crippen LogP contribution is 2.22. The lowest BCUT2D eigenvalue weighted by Gasteiger charge is -2.08. The Kier molecular flexibility index (Phi) is 7.14. The van der Waals surface area contributed by atoms with Gasteiger partial charge in [0.05, 0.1) is 15.2 Å². The Balaban J connectivity index is 1.42. The number of aryl methyl sites for hydroxylation is 1. The van der Waals surface area contributed by atoms with Gasteiger partial charge in [-0.3, -0.25) is 9.59 Å². The number of fused-ring (bicyclic) bond motifs is 1. The molecule has 0 unspecified atom stereocenters. The summed E-state index contributed by atoms with van der Waals surface area (Å²) in [6.45, 7) is 2.43. The normalized spacial score (nSPS) is 10.8. The van der Waals surface area contributed by atoms with Crippen molar-refractivity contribution >= 4 is 39.1 Å². The van der Waals surface area contributed by atoms with Crippen LogP contribution in [0.4, 0.5) is 5.69 Å². The van der Waals surface area contributed by atoms with Crippen LogP contribution in [0.5, 0.6) is 0 Å². The first kappa shape index (κ1) is 20.0. The van der Waals surface area contributed by atoms with Gasteiger partial charge < -0.3 is 10.6 Å². The summed E-state index contributed by atoms with van der Waals surface area (Å²) in [5.41, 5.74) is 2.76. The van der Waals surface area contributed by atoms with Crippen molar-refractivity contribution in [1.82, 2.24) is 10.3 Å². The molecule has 146 valence electrons. The van der Waals surface area contributed by atoms with Crippen LogP contribution in [-0.4, -0.2) is 16.8 Å². The lowest BCUT2D eigenvalue weighted by molar-refractivity contribution is -0.121. The molecule has 0 fully saturated rings. The standard InChI is InChI=1S/C22H25N3O2S/c1-2-7-21(27)24-17-9-5-8-16(14-17)15-23-20(26)12-6-13-22-25-18-10-3-4-11-19(18)28-22/h3-5,8-11,14H,2,6-7,12-13,15H2,1H3,(H,23,26)(H,24,27). The predicted octanol–water partition coefficient (Wildman–Crippen LogP) is 4.67. The zero-order valence-corrected chi connectivity index (χ0v) is 16.8. The molecule has 5 nitrogen and oxygen atoms in total. The Bertz CT molecular complexity index is 919. The van der Waals surface area contributed by atoms with Crippen molar-refractivity contribution in [2.45, 2.75) is 45.6 Å². The van der Waals surface area contributed by atoms with Crippen LogP contribution in [0.2, 0.25) is 0 Å². The number of aromatic nitrogens is 1. The second kappa shape index (κ2) is 9.99. The van der Waals surface area contributed by atoms with Crippen LogP contribution in [0.25, 0.3) is 10.2 Å². The quantitative estimate of drug-likeness (QED) is 0.553. The van der Waals surface area contributed by atoms with E-state index in [0.29, 0.717) is 19.4 Å². The van der Waals surface area contributed by atoms with E-state index < -0.39 is 0 Å². The van der Waals surface area contributed by atoms with E-state index in [4.69, 9.17) is 0 Å². The number of nitrogens with one attached hydrogen (secondary N) is 2. The molecule has 28 heavy (non-hydrogen) atoms. The average Bonchev–Trinajstić information content (AvgIpc) is 3.09. The van der Waals surface area contributed by atoms with Gasteiger partial charge in [0.15, 0.2) is 0 Å². The molecule has 2 aromatic carbocycles. The van der Waals surface area contributed by atoms with E-state index in [1.54, 1.807) is 11.3 Å². The third kappa shape index (κ3) is 5.89. The molecule has 0 spiro atoms. The van der Waals surface area contributed by atoms with Gasteiger partial charge in [0.25, 0.3) is 0 Å². The first-order valence-corrected chi connectivity index (χ1v) is 10.5. The maximum absolute atomic E-state index is 12.1. The summed E-state index contributed by atoms with van der Waals surface area (Å²) in [6, 6.07) is 15.7. The van der Waals surface area contributed by atoms with Crippen LogP contribution in [0.3, 0.4) is 0 Å². The van der Waals surface area contributed by atoms with Gasteiger partial charge in [-0.05, 0) is 49.1 Å². The van der Waals surface area contributed by atoms with Crippen LogP contribution < -0.4 is 10.6 Å². The monoisotopic (exact) mass is 395 g/mol. The Hall–Kier alpha value is -2.73. The molecule has 0 aliphatic heterocycles. The number of hydrogen-bond acceptors (Lipinski definition) is 4. The van der Waals surface area contributed by atoms with Crippen molar-refractivity contribution in [2.24, 2.45) is 0 Å². The first-order valence-electron chi connectivity index (χ1n) is 9.64. The number of benzene rings is 2. The maximum atomic E-state index is 12.1. The van der Waals surface area contributed by atoms with E-state index in [0.717, 1.165) is 41.0 Å². The Morgan fingerprint density at radius 3 is 2.71 bits per heavy atom. The van der Waals surface area contributed by atoms with Crippen LogP contribution in [0, 0.1) is 0 Å². The van der Waals surface area contributed by atoms with Crippen molar-refractivity contribution in [2.75, 3.05) is 5.32 Å². The number of carbonyl (C=O) groups excluding carboxylic acids is 2. The van der Waals surface area contributed by atoms with Gasteiger partial charge in [-0.15, -0.1) is 11.3 Å². The van der Waals surface area contributed by atoms with Gasteiger partial charge in [0.1, 0.15) is 0 Å². The molecule has 2 amide bonds. The third-order valence-corrected chi connectivity index (χ3v) is 5.41. The van der Waals surface area contributed by atoms with Crippen molar-refractivity contribution in [3.8, 4) is 0 Å². The van der Waals surface area contributed by atoms with Gasteiger partial charge in [0.2, 0.25) is 11.8 Å². The van der Waals surface area contributed by atoms with Crippen molar-refractivity contribution in [3.63, 3.8) is 0 Å². The Labute approximate surface area is 169 Å². The smallest absolute Gasteiger partial charge is 0.224 e. The Morgan fingerprint density at radius 2 is 1.89 bits per heavy atom. The number of thiazole rings is 1. The second-order valence-electron chi connectivity index (χ2n) is 6.70. The number of carbonyl (C=O) groups is 2. The van der Waals surface area contributed by atoms with E-state index in [2.05, 4.69) is 21.7 Å². The second-order valence-corrected chi connectivity index (χ2v) is 7.82. The van der Waals surface area contributed by atoms with Gasteiger partial charge in [-0.1, -0.05) is 31.2 Å². The van der Waals surface area contributed by atoms with Crippen LogP contribution in [0.1, 0.15) is 43.2 Å². The molecule has 0 radical (unpaired) electrons. The number of nitrogens with zero attached hydrogens (tertiary/aromatic N) is 1. The van der Waals surface area contributed by atoms with Crippen LogP contribution in [0.15, 0.2) is 48.5 Å². The number of rotatable bonds is 9. The molecule has 3 rings (SSSR count). The molecule has 6 heteroatoms. The molecule has 0 atom stereocenters. The first-order chi connectivity index (χ1) is 13.6. The molecule has 1 aromatic heterocycles. The summed E-state index contributed by atoms with van der Waals surface area (Å²) in [6.07, 6.45) is 3.39. The molecule has 0 saturated carbocycles. The zero-order valence-electron chi connectivity index (χ0n) is 16.0. The molecular weight excluding hydrogens is 370 g/mol. The minimum Gasteiger partial charge on any atom is -0.352 e. The summed E-state index contributed by atoms with van der Waals surface area (Å²) in [5, 5.41) is 6.90. The van der Waals surface area contributed by atoms with Gasteiger partial charge in [-0.2, -0.15) is 0 Å². The molecule has 0 saturated heterocycles. The fourth-order valence-corrected chi connectivity index (χ4v) is 3.93. The fraction of sp³-hybridized carbons (Fsp3) is 0.318. The molecule has 0 bridgehead atoms. The van der Waals surface area contributed by atoms with E-state index in [-0.39, 0.29) is 11.8 Å². The molecule has 3 aromatic rings. The molecule has 2 N–H and O–H groups in total. The number of anilines is 1. The predicted molar refractivity (Wildman–Crippen MR) is 114 cm³/mol. The summed E-state index contributed by atoms with van der Waals surface area (Å²) in [7, 11) is 0. The third-order valence-electron chi connectivity index (χ3n) is 4.31.